The van der Waals surface area contributed by atoms with Crippen LogP contribution in [0.15, 0.2) is 40.9 Å². The molecule has 4 amide bonds. The number of nitrogens with zero attached hydrogens (tertiary/aromatic N) is 1. The molecule has 0 unspecified atom stereocenters. The Bertz CT molecular complexity index is 989. The van der Waals surface area contributed by atoms with Gasteiger partial charge in [0.2, 0.25) is 11.8 Å². The van der Waals surface area contributed by atoms with Gasteiger partial charge in [0.05, 0.1) is 10.8 Å². The first-order chi connectivity index (χ1) is 14.8. The molecule has 0 radical (unpaired) electrons. The molecule has 4 atom stereocenters. The average Bonchev–Trinajstić information content (AvgIpc) is 3.22. The van der Waals surface area contributed by atoms with Gasteiger partial charge in [-0.1, -0.05) is 40.2 Å². The summed E-state index contributed by atoms with van der Waals surface area (Å²) < 4.78 is 0.942. The van der Waals surface area contributed by atoms with Gasteiger partial charge in [-0.25, -0.2) is 4.79 Å². The zero-order valence-corrected chi connectivity index (χ0v) is 18.9. The Morgan fingerprint density at radius 3 is 2.19 bits per heavy atom. The summed E-state index contributed by atoms with van der Waals surface area (Å²) in [4.78, 5) is 40.6. The van der Waals surface area contributed by atoms with Gasteiger partial charge >= 0.3 is 6.03 Å². The van der Waals surface area contributed by atoms with Crippen molar-refractivity contribution >= 4 is 33.8 Å². The van der Waals surface area contributed by atoms with Gasteiger partial charge in [-0.2, -0.15) is 0 Å². The minimum Gasteiger partial charge on any atom is -0.369 e. The van der Waals surface area contributed by atoms with E-state index in [1.54, 1.807) is 4.90 Å². The van der Waals surface area contributed by atoms with Crippen LogP contribution in [-0.4, -0.2) is 42.4 Å². The second kappa shape index (κ2) is 6.82. The quantitative estimate of drug-likeness (QED) is 0.510. The number of rotatable bonds is 7. The average molecular weight is 487 g/mol. The van der Waals surface area contributed by atoms with Crippen LogP contribution >= 0.6 is 15.9 Å². The summed E-state index contributed by atoms with van der Waals surface area (Å²) in [6.07, 6.45) is 6.81. The lowest BCUT2D eigenvalue weighted by molar-refractivity contribution is -0.151. The van der Waals surface area contributed by atoms with E-state index in [4.69, 9.17) is 11.5 Å². The molecule has 1 heterocycles. The highest BCUT2D eigenvalue weighted by Crippen LogP contribution is 2.81. The van der Waals surface area contributed by atoms with Crippen molar-refractivity contribution in [3.05, 3.63) is 46.5 Å². The van der Waals surface area contributed by atoms with E-state index in [-0.39, 0.29) is 23.3 Å². The van der Waals surface area contributed by atoms with Gasteiger partial charge in [0.15, 0.2) is 0 Å². The molecule has 4 aliphatic rings. The summed E-state index contributed by atoms with van der Waals surface area (Å²) in [7, 11) is 0. The number of nitrogens with one attached hydrogen (secondary N) is 1. The van der Waals surface area contributed by atoms with Crippen molar-refractivity contribution in [1.82, 2.24) is 10.2 Å². The first-order valence-electron chi connectivity index (χ1n) is 10.8. The van der Waals surface area contributed by atoms with Gasteiger partial charge in [-0.15, -0.1) is 0 Å². The van der Waals surface area contributed by atoms with Crippen LogP contribution in [0.3, 0.4) is 0 Å². The highest BCUT2D eigenvalue weighted by molar-refractivity contribution is 9.10. The number of primary amides is 2. The Kier molecular flexibility index (Phi) is 4.52. The Hall–Kier alpha value is -2.35. The summed E-state index contributed by atoms with van der Waals surface area (Å²) in [5, 5.41) is 2.80. The number of amides is 4. The first kappa shape index (κ1) is 20.5. The van der Waals surface area contributed by atoms with Crippen molar-refractivity contribution in [1.29, 1.82) is 0 Å². The van der Waals surface area contributed by atoms with Gasteiger partial charge in [-0.05, 0) is 60.6 Å². The third kappa shape index (κ3) is 2.60. The Labute approximate surface area is 189 Å². The number of halogens is 1. The predicted molar refractivity (Wildman–Crippen MR) is 118 cm³/mol. The van der Waals surface area contributed by atoms with Crippen molar-refractivity contribution in [2.45, 2.75) is 25.7 Å². The van der Waals surface area contributed by atoms with Gasteiger partial charge in [0.25, 0.3) is 0 Å². The molecule has 7 nitrogen and oxygen atoms in total. The summed E-state index contributed by atoms with van der Waals surface area (Å²) >= 11 is 3.45. The number of benzene rings is 1. The third-order valence-corrected chi connectivity index (χ3v) is 8.95. The maximum absolute atomic E-state index is 13.4. The summed E-state index contributed by atoms with van der Waals surface area (Å²) in [6.45, 7) is 1.54. The smallest absolute Gasteiger partial charge is 0.317 e. The van der Waals surface area contributed by atoms with Crippen molar-refractivity contribution in [3.8, 4) is 0 Å². The lowest BCUT2D eigenvalue weighted by Gasteiger charge is -2.48. The van der Waals surface area contributed by atoms with E-state index in [2.05, 4.69) is 33.4 Å². The van der Waals surface area contributed by atoms with E-state index >= 15 is 0 Å². The van der Waals surface area contributed by atoms with Crippen LogP contribution in [0.1, 0.15) is 24.8 Å². The van der Waals surface area contributed by atoms with Crippen LogP contribution in [-0.2, 0) is 16.0 Å². The summed E-state index contributed by atoms with van der Waals surface area (Å²) in [6, 6.07) is 7.64. The number of carbonyl (C=O) groups excluding carboxylic acids is 3. The molecule has 164 valence electrons. The monoisotopic (exact) mass is 486 g/mol. The van der Waals surface area contributed by atoms with E-state index in [1.165, 1.54) is 0 Å². The fourth-order valence-electron chi connectivity index (χ4n) is 6.99. The van der Waals surface area contributed by atoms with Gasteiger partial charge < -0.3 is 21.7 Å². The van der Waals surface area contributed by atoms with Gasteiger partial charge in [0.1, 0.15) is 0 Å². The van der Waals surface area contributed by atoms with Crippen LogP contribution in [0.25, 0.3) is 0 Å². The van der Waals surface area contributed by atoms with Crippen LogP contribution in [0.4, 0.5) is 4.79 Å². The number of carbonyl (C=O) groups is 3. The Morgan fingerprint density at radius 2 is 1.68 bits per heavy atom. The summed E-state index contributed by atoms with van der Waals surface area (Å²) in [5.41, 5.74) is 11.0. The molecule has 8 heteroatoms. The largest absolute Gasteiger partial charge is 0.369 e. The SMILES string of the molecule is NC(=O)[C@]1(CCN2CCNC2=O)[C@@H]2C=C[C@@H](C23CC3)[C@@]1(Cc1ccc(Br)cc1)C(N)=O. The molecule has 2 saturated carbocycles. The highest BCUT2D eigenvalue weighted by atomic mass is 79.9. The standard InChI is InChI=1S/C23H27BrN4O3/c24-15-3-1-14(2-4-15)13-23(19(26)30)17-6-5-16(21(17)7-8-21)22(23,18(25)29)9-11-28-12-10-27-20(28)31/h1-6,16-17H,7-13H2,(H2,25,29)(H2,26,30)(H,27,31)/t16-,17+,22+,23+/m1/s1. The van der Waals surface area contributed by atoms with Crippen LogP contribution in [0.5, 0.6) is 0 Å². The third-order valence-electron chi connectivity index (χ3n) is 8.42. The van der Waals surface area contributed by atoms with Crippen molar-refractivity contribution in [2.75, 3.05) is 19.6 Å². The molecular formula is C23H27BrN4O3. The van der Waals surface area contributed by atoms with Crippen molar-refractivity contribution < 1.29 is 14.4 Å². The van der Waals surface area contributed by atoms with Crippen molar-refractivity contribution in [2.24, 2.45) is 39.5 Å². The molecule has 1 aromatic carbocycles. The topological polar surface area (TPSA) is 119 Å². The lowest BCUT2D eigenvalue weighted by Crippen LogP contribution is -2.61. The zero-order valence-electron chi connectivity index (χ0n) is 17.3. The van der Waals surface area contributed by atoms with Gasteiger partial charge in [-0.3, -0.25) is 9.59 Å². The lowest BCUT2D eigenvalue weighted by atomic mass is 9.53. The molecule has 5 N–H and O–H groups in total. The number of urea groups is 1. The van der Waals surface area contributed by atoms with E-state index in [9.17, 15) is 14.4 Å². The molecule has 1 aromatic rings. The summed E-state index contributed by atoms with van der Waals surface area (Å²) in [5.74, 6) is -1.20. The molecule has 3 aliphatic carbocycles. The Balaban J connectivity index is 1.62. The molecule has 1 spiro atoms. The van der Waals surface area contributed by atoms with Crippen LogP contribution in [0.2, 0.25) is 0 Å². The fourth-order valence-corrected chi connectivity index (χ4v) is 7.26. The number of hydrogen-bond donors (Lipinski definition) is 3. The number of allylic oxidation sites excluding steroid dienone is 2. The normalized spacial score (nSPS) is 34.4. The molecule has 1 aliphatic heterocycles. The van der Waals surface area contributed by atoms with Crippen LogP contribution in [0, 0.1) is 28.1 Å². The fraction of sp³-hybridized carbons (Fsp3) is 0.522. The van der Waals surface area contributed by atoms with E-state index in [1.807, 2.05) is 24.3 Å². The van der Waals surface area contributed by atoms with E-state index in [0.29, 0.717) is 32.5 Å². The minimum absolute atomic E-state index is 0.118. The molecule has 2 bridgehead atoms. The predicted octanol–water partition coefficient (Wildman–Crippen LogP) is 1.95. The molecule has 3 fully saturated rings. The second-order valence-electron chi connectivity index (χ2n) is 9.52. The second-order valence-corrected chi connectivity index (χ2v) is 10.4. The number of hydrogen-bond acceptors (Lipinski definition) is 3. The maximum Gasteiger partial charge on any atom is 0.317 e. The van der Waals surface area contributed by atoms with Gasteiger partial charge in [0, 0.05) is 24.1 Å². The highest BCUT2D eigenvalue weighted by Gasteiger charge is 2.82. The zero-order chi connectivity index (χ0) is 22.0. The minimum atomic E-state index is -1.12. The molecule has 1 saturated heterocycles. The molecule has 0 aromatic heterocycles. The Morgan fingerprint density at radius 1 is 1.06 bits per heavy atom. The van der Waals surface area contributed by atoms with E-state index in [0.717, 1.165) is 22.9 Å². The maximum atomic E-state index is 13.4. The van der Waals surface area contributed by atoms with Crippen LogP contribution < -0.4 is 16.8 Å². The molecule has 5 rings (SSSR count). The molecule has 31 heavy (non-hydrogen) atoms. The number of nitrogens with two attached hydrogens (primary N) is 2. The van der Waals surface area contributed by atoms with E-state index < -0.39 is 22.6 Å². The van der Waals surface area contributed by atoms with Crippen molar-refractivity contribution in [3.63, 3.8) is 0 Å². The first-order valence-corrected chi connectivity index (χ1v) is 11.6. The molecular weight excluding hydrogens is 460 g/mol.